The van der Waals surface area contributed by atoms with E-state index in [4.69, 9.17) is 15.3 Å². The first kappa shape index (κ1) is 8.12. The van der Waals surface area contributed by atoms with E-state index in [1.165, 1.54) is 5.51 Å². The van der Waals surface area contributed by atoms with Crippen molar-refractivity contribution in [3.8, 4) is 0 Å². The second-order valence-corrected chi connectivity index (χ2v) is 2.73. The molecule has 0 atom stereocenters. The molecule has 11 heavy (non-hydrogen) atoms. The van der Waals surface area contributed by atoms with Crippen LogP contribution in [0.3, 0.4) is 0 Å². The molecule has 0 aliphatic rings. The molecule has 3 N–H and O–H groups in total. The fraction of sp³-hybridized carbons (Fsp3) is 0.200. The molecule has 1 heterocycles. The molecule has 0 saturated carbocycles. The number of nitrogens with zero attached hydrogens (tertiary/aromatic N) is 1. The summed E-state index contributed by atoms with van der Waals surface area (Å²) in [6.45, 7) is 0. The lowest BCUT2D eigenvalue weighted by Gasteiger charge is -2.12. The van der Waals surface area contributed by atoms with Gasteiger partial charge in [0.05, 0.1) is 10.4 Å². The van der Waals surface area contributed by atoms with E-state index in [1.54, 1.807) is 0 Å². The predicted octanol–water partition coefficient (Wildman–Crippen LogP) is -0.635. The summed E-state index contributed by atoms with van der Waals surface area (Å²) in [4.78, 5) is 13.6. The van der Waals surface area contributed by atoms with Crippen molar-refractivity contribution in [2.75, 3.05) is 0 Å². The van der Waals surface area contributed by atoms with Gasteiger partial charge in [-0.15, -0.1) is 11.3 Å². The number of carboxylic acid groups (broad SMARTS) is 1. The zero-order valence-electron chi connectivity index (χ0n) is 5.26. The van der Waals surface area contributed by atoms with E-state index < -0.39 is 11.8 Å². The van der Waals surface area contributed by atoms with Crippen molar-refractivity contribution in [2.24, 2.45) is 0 Å². The molecule has 1 aromatic heterocycles. The number of hydrogen-bond acceptors (Lipinski definition) is 5. The standard InChI is InChI=1S/C5H5NO4S/c7-4(8)5(9,10)3-1-6-2-11-3/h1-2,9-10H,(H,7,8). The Morgan fingerprint density at radius 2 is 2.27 bits per heavy atom. The van der Waals surface area contributed by atoms with Crippen LogP contribution in [0.1, 0.15) is 4.88 Å². The zero-order valence-corrected chi connectivity index (χ0v) is 6.08. The Kier molecular flexibility index (Phi) is 1.90. The van der Waals surface area contributed by atoms with Gasteiger partial charge in [-0.25, -0.2) is 4.79 Å². The Hall–Kier alpha value is -0.980. The number of rotatable bonds is 2. The lowest BCUT2D eigenvalue weighted by atomic mass is 10.2. The largest absolute Gasteiger partial charge is 0.477 e. The van der Waals surface area contributed by atoms with Crippen LogP contribution in [0, 0.1) is 0 Å². The number of hydrogen-bond donors (Lipinski definition) is 3. The maximum Gasteiger partial charge on any atom is 0.370 e. The number of carboxylic acids is 1. The van der Waals surface area contributed by atoms with E-state index in [0.717, 1.165) is 17.5 Å². The van der Waals surface area contributed by atoms with Crippen molar-refractivity contribution in [2.45, 2.75) is 5.79 Å². The first-order chi connectivity index (χ1) is 5.05. The van der Waals surface area contributed by atoms with Crippen LogP contribution >= 0.6 is 11.3 Å². The molecule has 0 aliphatic carbocycles. The lowest BCUT2D eigenvalue weighted by Crippen LogP contribution is -2.34. The van der Waals surface area contributed by atoms with Crippen LogP contribution in [0.25, 0.3) is 0 Å². The summed E-state index contributed by atoms with van der Waals surface area (Å²) in [5, 5.41) is 26.0. The van der Waals surface area contributed by atoms with Gasteiger partial charge in [0, 0.05) is 6.20 Å². The van der Waals surface area contributed by atoms with Crippen LogP contribution in [0.2, 0.25) is 0 Å². The number of carbonyl (C=O) groups is 1. The minimum atomic E-state index is -2.80. The van der Waals surface area contributed by atoms with Gasteiger partial charge in [0.2, 0.25) is 0 Å². The van der Waals surface area contributed by atoms with Crippen molar-refractivity contribution in [1.29, 1.82) is 0 Å². The van der Waals surface area contributed by atoms with Crippen LogP contribution in [0.15, 0.2) is 11.7 Å². The molecule has 0 radical (unpaired) electrons. The molecule has 5 nitrogen and oxygen atoms in total. The highest BCUT2D eigenvalue weighted by Crippen LogP contribution is 2.21. The van der Waals surface area contributed by atoms with Crippen molar-refractivity contribution < 1.29 is 20.1 Å². The topological polar surface area (TPSA) is 90.7 Å². The van der Waals surface area contributed by atoms with Crippen molar-refractivity contribution in [1.82, 2.24) is 4.98 Å². The first-order valence-electron chi connectivity index (χ1n) is 2.62. The van der Waals surface area contributed by atoms with Gasteiger partial charge in [0.25, 0.3) is 0 Å². The van der Waals surface area contributed by atoms with Gasteiger partial charge in [0.1, 0.15) is 0 Å². The van der Waals surface area contributed by atoms with Gasteiger partial charge in [-0.1, -0.05) is 0 Å². The van der Waals surface area contributed by atoms with Gasteiger partial charge in [-0.05, 0) is 0 Å². The Morgan fingerprint density at radius 3 is 2.64 bits per heavy atom. The molecule has 0 aromatic carbocycles. The third-order valence-corrected chi connectivity index (χ3v) is 1.95. The molecule has 0 saturated heterocycles. The molecular weight excluding hydrogens is 170 g/mol. The maximum atomic E-state index is 10.2. The number of aliphatic hydroxyl groups is 2. The summed E-state index contributed by atoms with van der Waals surface area (Å²) in [6.07, 6.45) is 1.10. The highest BCUT2D eigenvalue weighted by Gasteiger charge is 2.36. The lowest BCUT2D eigenvalue weighted by molar-refractivity contribution is -0.206. The molecule has 0 unspecified atom stereocenters. The predicted molar refractivity (Wildman–Crippen MR) is 35.9 cm³/mol. The Balaban J connectivity index is 3.00. The Morgan fingerprint density at radius 1 is 1.64 bits per heavy atom. The third kappa shape index (κ3) is 1.37. The average Bonchev–Trinajstić information content (AvgIpc) is 2.37. The maximum absolute atomic E-state index is 10.2. The van der Waals surface area contributed by atoms with E-state index in [9.17, 15) is 4.79 Å². The quantitative estimate of drug-likeness (QED) is 0.520. The van der Waals surface area contributed by atoms with E-state index in [0.29, 0.717) is 0 Å². The van der Waals surface area contributed by atoms with Gasteiger partial charge in [-0.3, -0.25) is 4.98 Å². The zero-order chi connectivity index (χ0) is 8.48. The molecule has 0 amide bonds. The number of thiazole rings is 1. The van der Waals surface area contributed by atoms with Crippen molar-refractivity contribution in [3.05, 3.63) is 16.6 Å². The number of aliphatic carboxylic acids is 1. The van der Waals surface area contributed by atoms with Crippen LogP contribution < -0.4 is 0 Å². The van der Waals surface area contributed by atoms with E-state index in [-0.39, 0.29) is 4.88 Å². The summed E-state index contributed by atoms with van der Waals surface area (Å²) in [7, 11) is 0. The second kappa shape index (κ2) is 2.57. The van der Waals surface area contributed by atoms with Crippen LogP contribution in [0.4, 0.5) is 0 Å². The summed E-state index contributed by atoms with van der Waals surface area (Å²) in [6, 6.07) is 0. The van der Waals surface area contributed by atoms with Gasteiger partial charge in [0.15, 0.2) is 0 Å². The fourth-order valence-electron chi connectivity index (χ4n) is 0.493. The van der Waals surface area contributed by atoms with Crippen LogP contribution in [-0.4, -0.2) is 26.3 Å². The summed E-state index contributed by atoms with van der Waals surface area (Å²) >= 11 is 0.866. The molecule has 60 valence electrons. The van der Waals surface area contributed by atoms with Crippen LogP contribution in [0.5, 0.6) is 0 Å². The smallest absolute Gasteiger partial charge is 0.370 e. The fourth-order valence-corrected chi connectivity index (χ4v) is 1.10. The SMILES string of the molecule is O=C(O)C(O)(O)c1cncs1. The Bertz CT molecular complexity index is 255. The molecule has 1 rings (SSSR count). The normalized spacial score (nSPS) is 11.5. The van der Waals surface area contributed by atoms with Gasteiger partial charge < -0.3 is 15.3 Å². The van der Waals surface area contributed by atoms with E-state index in [2.05, 4.69) is 4.98 Å². The molecular formula is C5H5NO4S. The summed E-state index contributed by atoms with van der Waals surface area (Å²) in [5.41, 5.74) is 1.32. The molecule has 1 aromatic rings. The molecule has 0 spiro atoms. The third-order valence-electron chi connectivity index (χ3n) is 1.07. The highest BCUT2D eigenvalue weighted by atomic mass is 32.1. The van der Waals surface area contributed by atoms with Crippen molar-refractivity contribution >= 4 is 17.3 Å². The van der Waals surface area contributed by atoms with Crippen LogP contribution in [-0.2, 0) is 10.6 Å². The minimum absolute atomic E-state index is 0.106. The Labute approximate surface area is 65.6 Å². The second-order valence-electron chi connectivity index (χ2n) is 1.84. The first-order valence-corrected chi connectivity index (χ1v) is 3.50. The molecule has 0 bridgehead atoms. The molecule has 0 fully saturated rings. The van der Waals surface area contributed by atoms with Gasteiger partial charge in [-0.2, -0.15) is 0 Å². The van der Waals surface area contributed by atoms with E-state index in [1.807, 2.05) is 0 Å². The summed E-state index contributed by atoms with van der Waals surface area (Å²) < 4.78 is 0. The minimum Gasteiger partial charge on any atom is -0.477 e. The van der Waals surface area contributed by atoms with Gasteiger partial charge >= 0.3 is 11.8 Å². The molecule has 6 heteroatoms. The monoisotopic (exact) mass is 175 g/mol. The highest BCUT2D eigenvalue weighted by molar-refractivity contribution is 7.09. The van der Waals surface area contributed by atoms with Crippen molar-refractivity contribution in [3.63, 3.8) is 0 Å². The number of aromatic nitrogens is 1. The molecule has 0 aliphatic heterocycles. The van der Waals surface area contributed by atoms with E-state index >= 15 is 0 Å². The summed E-state index contributed by atoms with van der Waals surface area (Å²) in [5.74, 6) is -4.51. The average molecular weight is 175 g/mol.